The number of nitrogens with zero attached hydrogens (tertiary/aromatic N) is 3. The summed E-state index contributed by atoms with van der Waals surface area (Å²) in [5.74, 6) is 1.71. The molecular formula is C12H16N4S. The van der Waals surface area contributed by atoms with Gasteiger partial charge >= 0.3 is 0 Å². The van der Waals surface area contributed by atoms with Gasteiger partial charge in [0, 0.05) is 18.3 Å². The minimum Gasteiger partial charge on any atom is -0.383 e. The standard InChI is InChI=1S/C12H16N4S/c1-17-7-3-6-16-9-14-8-11(16)10-4-2-5-15-12(10)13/h2,4-5,8-9H,3,6-7H2,1H3,(H2,13,15). The number of nitrogens with two attached hydrogens (primary N) is 1. The van der Waals surface area contributed by atoms with Crippen molar-refractivity contribution >= 4 is 17.6 Å². The average molecular weight is 248 g/mol. The van der Waals surface area contributed by atoms with Crippen LogP contribution in [0.4, 0.5) is 5.82 Å². The highest BCUT2D eigenvalue weighted by Gasteiger charge is 2.08. The predicted octanol–water partition coefficient (Wildman–Crippen LogP) is 2.28. The summed E-state index contributed by atoms with van der Waals surface area (Å²) in [6.07, 6.45) is 8.64. The van der Waals surface area contributed by atoms with Gasteiger partial charge in [-0.2, -0.15) is 11.8 Å². The van der Waals surface area contributed by atoms with Crippen molar-refractivity contribution in [2.45, 2.75) is 13.0 Å². The van der Waals surface area contributed by atoms with Crippen LogP contribution in [-0.4, -0.2) is 26.5 Å². The number of hydrogen-bond donors (Lipinski definition) is 1. The molecule has 17 heavy (non-hydrogen) atoms. The molecule has 2 rings (SSSR count). The van der Waals surface area contributed by atoms with E-state index in [0.717, 1.165) is 30.0 Å². The van der Waals surface area contributed by atoms with Crippen LogP contribution in [0.25, 0.3) is 11.3 Å². The topological polar surface area (TPSA) is 56.7 Å². The van der Waals surface area contributed by atoms with E-state index in [1.165, 1.54) is 0 Å². The van der Waals surface area contributed by atoms with Gasteiger partial charge in [-0.15, -0.1) is 0 Å². The zero-order chi connectivity index (χ0) is 12.1. The van der Waals surface area contributed by atoms with Crippen molar-refractivity contribution in [2.24, 2.45) is 0 Å². The molecule has 0 saturated carbocycles. The average Bonchev–Trinajstić information content (AvgIpc) is 2.78. The molecule has 0 aliphatic rings. The number of thioether (sulfide) groups is 1. The summed E-state index contributed by atoms with van der Waals surface area (Å²) < 4.78 is 2.13. The van der Waals surface area contributed by atoms with Crippen LogP contribution < -0.4 is 5.73 Å². The van der Waals surface area contributed by atoms with Crippen molar-refractivity contribution in [3.05, 3.63) is 30.9 Å². The summed E-state index contributed by atoms with van der Waals surface area (Å²) >= 11 is 1.86. The van der Waals surface area contributed by atoms with Crippen LogP contribution in [0.15, 0.2) is 30.9 Å². The van der Waals surface area contributed by atoms with Gasteiger partial charge in [-0.1, -0.05) is 0 Å². The van der Waals surface area contributed by atoms with Crippen LogP contribution in [0, 0.1) is 0 Å². The van der Waals surface area contributed by atoms with E-state index in [2.05, 4.69) is 20.8 Å². The first-order valence-electron chi connectivity index (χ1n) is 5.53. The second-order valence-electron chi connectivity index (χ2n) is 3.75. The molecule has 0 unspecified atom stereocenters. The molecule has 90 valence electrons. The Morgan fingerprint density at radius 1 is 1.47 bits per heavy atom. The molecule has 0 aliphatic carbocycles. The van der Waals surface area contributed by atoms with Crippen molar-refractivity contribution in [1.82, 2.24) is 14.5 Å². The van der Waals surface area contributed by atoms with E-state index in [4.69, 9.17) is 5.73 Å². The van der Waals surface area contributed by atoms with E-state index < -0.39 is 0 Å². The summed E-state index contributed by atoms with van der Waals surface area (Å²) in [7, 11) is 0. The molecule has 2 heterocycles. The molecule has 0 radical (unpaired) electrons. The molecule has 0 atom stereocenters. The first kappa shape index (κ1) is 12.0. The maximum Gasteiger partial charge on any atom is 0.132 e. The number of pyridine rings is 1. The quantitative estimate of drug-likeness (QED) is 0.825. The van der Waals surface area contributed by atoms with E-state index in [1.807, 2.05) is 36.4 Å². The second-order valence-corrected chi connectivity index (χ2v) is 4.74. The molecule has 0 fully saturated rings. The van der Waals surface area contributed by atoms with Crippen molar-refractivity contribution in [1.29, 1.82) is 0 Å². The van der Waals surface area contributed by atoms with Crippen molar-refractivity contribution in [3.63, 3.8) is 0 Å². The lowest BCUT2D eigenvalue weighted by Crippen LogP contribution is -2.02. The zero-order valence-electron chi connectivity index (χ0n) is 9.84. The first-order chi connectivity index (χ1) is 8.33. The van der Waals surface area contributed by atoms with Crippen LogP contribution in [0.3, 0.4) is 0 Å². The molecule has 0 aromatic carbocycles. The van der Waals surface area contributed by atoms with Gasteiger partial charge in [0.2, 0.25) is 0 Å². The van der Waals surface area contributed by atoms with E-state index in [0.29, 0.717) is 5.82 Å². The van der Waals surface area contributed by atoms with Gasteiger partial charge in [-0.05, 0) is 30.6 Å². The highest BCUT2D eigenvalue weighted by Crippen LogP contribution is 2.23. The van der Waals surface area contributed by atoms with Crippen molar-refractivity contribution < 1.29 is 0 Å². The highest BCUT2D eigenvalue weighted by molar-refractivity contribution is 7.98. The molecule has 2 aromatic heterocycles. The second kappa shape index (κ2) is 5.72. The van der Waals surface area contributed by atoms with Crippen molar-refractivity contribution in [2.75, 3.05) is 17.7 Å². The van der Waals surface area contributed by atoms with Gasteiger partial charge in [-0.25, -0.2) is 9.97 Å². The fraction of sp³-hybridized carbons (Fsp3) is 0.333. The van der Waals surface area contributed by atoms with E-state index >= 15 is 0 Å². The van der Waals surface area contributed by atoms with Crippen LogP contribution in [0.1, 0.15) is 6.42 Å². The van der Waals surface area contributed by atoms with Crippen LogP contribution in [-0.2, 0) is 6.54 Å². The van der Waals surface area contributed by atoms with Gasteiger partial charge < -0.3 is 10.3 Å². The number of imidazole rings is 1. The number of aromatic nitrogens is 3. The summed E-state index contributed by atoms with van der Waals surface area (Å²) in [6, 6.07) is 3.87. The Morgan fingerprint density at radius 3 is 3.12 bits per heavy atom. The Kier molecular flexibility index (Phi) is 4.03. The van der Waals surface area contributed by atoms with Crippen LogP contribution >= 0.6 is 11.8 Å². The fourth-order valence-corrected chi connectivity index (χ4v) is 2.15. The number of anilines is 1. The lowest BCUT2D eigenvalue weighted by Gasteiger charge is -2.08. The molecule has 4 nitrogen and oxygen atoms in total. The highest BCUT2D eigenvalue weighted by atomic mass is 32.2. The Morgan fingerprint density at radius 2 is 2.35 bits per heavy atom. The molecule has 0 bridgehead atoms. The summed E-state index contributed by atoms with van der Waals surface area (Å²) in [5, 5.41) is 0. The predicted molar refractivity (Wildman–Crippen MR) is 72.9 cm³/mol. The van der Waals surface area contributed by atoms with E-state index in [9.17, 15) is 0 Å². The number of hydrogen-bond acceptors (Lipinski definition) is 4. The Labute approximate surface area is 105 Å². The van der Waals surface area contributed by atoms with E-state index in [-0.39, 0.29) is 0 Å². The summed E-state index contributed by atoms with van der Waals surface area (Å²) in [6.45, 7) is 0.963. The molecule has 2 N–H and O–H groups in total. The minimum atomic E-state index is 0.555. The molecule has 2 aromatic rings. The lowest BCUT2D eigenvalue weighted by molar-refractivity contribution is 0.689. The Balaban J connectivity index is 2.22. The lowest BCUT2D eigenvalue weighted by atomic mass is 10.2. The largest absolute Gasteiger partial charge is 0.383 e. The third kappa shape index (κ3) is 2.79. The molecule has 0 spiro atoms. The number of aryl methyl sites for hydroxylation is 1. The SMILES string of the molecule is CSCCCn1cncc1-c1cccnc1N. The Hall–Kier alpha value is -1.49. The molecule has 0 amide bonds. The number of nitrogen functional groups attached to an aromatic ring is 1. The Bertz CT molecular complexity index is 481. The third-order valence-electron chi connectivity index (χ3n) is 2.57. The number of rotatable bonds is 5. The molecule has 5 heteroatoms. The maximum absolute atomic E-state index is 5.88. The van der Waals surface area contributed by atoms with Crippen LogP contribution in [0.2, 0.25) is 0 Å². The van der Waals surface area contributed by atoms with Crippen LogP contribution in [0.5, 0.6) is 0 Å². The molecule has 0 saturated heterocycles. The van der Waals surface area contributed by atoms with E-state index in [1.54, 1.807) is 6.20 Å². The molecular weight excluding hydrogens is 232 g/mol. The van der Waals surface area contributed by atoms with Crippen molar-refractivity contribution in [3.8, 4) is 11.3 Å². The monoisotopic (exact) mass is 248 g/mol. The first-order valence-corrected chi connectivity index (χ1v) is 6.92. The summed E-state index contributed by atoms with van der Waals surface area (Å²) in [5.41, 5.74) is 7.87. The normalized spacial score (nSPS) is 10.6. The van der Waals surface area contributed by atoms with Gasteiger partial charge in [0.1, 0.15) is 5.82 Å². The zero-order valence-corrected chi connectivity index (χ0v) is 10.7. The summed E-state index contributed by atoms with van der Waals surface area (Å²) in [4.78, 5) is 8.30. The smallest absolute Gasteiger partial charge is 0.132 e. The fourth-order valence-electron chi connectivity index (χ4n) is 1.74. The maximum atomic E-state index is 5.88. The van der Waals surface area contributed by atoms with Gasteiger partial charge in [0.05, 0.1) is 18.2 Å². The third-order valence-corrected chi connectivity index (χ3v) is 3.27. The van der Waals surface area contributed by atoms with Gasteiger partial charge in [-0.3, -0.25) is 0 Å². The molecule has 0 aliphatic heterocycles. The minimum absolute atomic E-state index is 0.555. The van der Waals surface area contributed by atoms with Gasteiger partial charge in [0.15, 0.2) is 0 Å². The van der Waals surface area contributed by atoms with Gasteiger partial charge in [0.25, 0.3) is 0 Å².